The zero-order valence-electron chi connectivity index (χ0n) is 15.2. The topological polar surface area (TPSA) is 63.5 Å². The van der Waals surface area contributed by atoms with Crippen molar-refractivity contribution in [1.29, 1.82) is 0 Å². The van der Waals surface area contributed by atoms with Gasteiger partial charge in [0.15, 0.2) is 5.78 Å². The number of hydrogen-bond acceptors (Lipinski definition) is 3. The molecule has 4 saturated carbocycles. The second-order valence-electron chi connectivity index (χ2n) is 8.92. The largest absolute Gasteiger partial charge is 0.350 e. The molecule has 4 aliphatic rings. The van der Waals surface area contributed by atoms with Crippen LogP contribution in [-0.2, 0) is 0 Å². The van der Waals surface area contributed by atoms with Crippen LogP contribution in [0.2, 0.25) is 0 Å². The van der Waals surface area contributed by atoms with Crippen molar-refractivity contribution in [2.24, 2.45) is 23.2 Å². The number of rotatable bonds is 4. The molecule has 4 aliphatic carbocycles. The molecule has 136 valence electrons. The molecule has 6 rings (SSSR count). The number of imidazole rings is 1. The van der Waals surface area contributed by atoms with Gasteiger partial charge in [0.25, 0.3) is 5.91 Å². The number of fused-ring (bicyclic) bond motifs is 1. The molecule has 4 bridgehead atoms. The fraction of sp³-hybridized carbons (Fsp3) is 0.571. The molecule has 0 aliphatic heterocycles. The molecule has 5 heteroatoms. The standard InChI is InChI=1S/C21H25N3O2/c1-13(25)17-11-24-18(3-2-4-19(24)23-17)20(26)22-12-21-8-14-5-15(9-21)7-16(6-14)10-21/h2-4,11,14-16H,5-10,12H2,1H3,(H,22,26). The van der Waals surface area contributed by atoms with Gasteiger partial charge in [0.1, 0.15) is 17.0 Å². The quantitative estimate of drug-likeness (QED) is 0.858. The smallest absolute Gasteiger partial charge is 0.268 e. The summed E-state index contributed by atoms with van der Waals surface area (Å²) in [6.07, 6.45) is 9.74. The average Bonchev–Trinajstić information content (AvgIpc) is 3.03. The van der Waals surface area contributed by atoms with Gasteiger partial charge in [-0.05, 0) is 73.8 Å². The minimum atomic E-state index is -0.0892. The zero-order chi connectivity index (χ0) is 17.9. The Morgan fingerprint density at radius 1 is 1.15 bits per heavy atom. The van der Waals surface area contributed by atoms with E-state index < -0.39 is 0 Å². The Morgan fingerprint density at radius 2 is 1.81 bits per heavy atom. The second kappa shape index (κ2) is 5.66. The van der Waals surface area contributed by atoms with E-state index in [0.717, 1.165) is 24.3 Å². The van der Waals surface area contributed by atoms with E-state index in [0.29, 0.717) is 22.5 Å². The second-order valence-corrected chi connectivity index (χ2v) is 8.92. The third-order valence-corrected chi connectivity index (χ3v) is 6.87. The lowest BCUT2D eigenvalue weighted by atomic mass is 9.49. The molecule has 2 aromatic rings. The first-order valence-corrected chi connectivity index (χ1v) is 9.79. The van der Waals surface area contributed by atoms with Gasteiger partial charge in [0.05, 0.1) is 0 Å². The van der Waals surface area contributed by atoms with Gasteiger partial charge in [-0.15, -0.1) is 0 Å². The normalized spacial score (nSPS) is 32.1. The lowest BCUT2D eigenvalue weighted by Gasteiger charge is -2.56. The lowest BCUT2D eigenvalue weighted by Crippen LogP contribution is -2.51. The Labute approximate surface area is 153 Å². The van der Waals surface area contributed by atoms with E-state index in [-0.39, 0.29) is 11.7 Å². The average molecular weight is 351 g/mol. The maximum atomic E-state index is 12.9. The minimum Gasteiger partial charge on any atom is -0.350 e. The van der Waals surface area contributed by atoms with Gasteiger partial charge < -0.3 is 5.32 Å². The van der Waals surface area contributed by atoms with Gasteiger partial charge in [-0.25, -0.2) is 4.98 Å². The molecule has 0 saturated heterocycles. The minimum absolute atomic E-state index is 0.0705. The Bertz CT molecular complexity index is 863. The predicted octanol–water partition coefficient (Wildman–Crippen LogP) is 3.48. The van der Waals surface area contributed by atoms with Gasteiger partial charge in [0.2, 0.25) is 0 Å². The van der Waals surface area contributed by atoms with Crippen LogP contribution < -0.4 is 5.32 Å². The number of nitrogens with one attached hydrogen (secondary N) is 1. The molecule has 4 fully saturated rings. The maximum Gasteiger partial charge on any atom is 0.268 e. The van der Waals surface area contributed by atoms with Crippen LogP contribution in [0.25, 0.3) is 5.65 Å². The summed E-state index contributed by atoms with van der Waals surface area (Å²) in [6, 6.07) is 5.45. The van der Waals surface area contributed by atoms with Crippen LogP contribution >= 0.6 is 0 Å². The fourth-order valence-electron chi connectivity index (χ4n) is 6.23. The number of aromatic nitrogens is 2. The van der Waals surface area contributed by atoms with Gasteiger partial charge in [-0.1, -0.05) is 6.07 Å². The summed E-state index contributed by atoms with van der Waals surface area (Å²) >= 11 is 0. The summed E-state index contributed by atoms with van der Waals surface area (Å²) in [6.45, 7) is 2.27. The number of Topliss-reactive ketones (excluding diaryl/α,β-unsaturated/α-hetero) is 1. The molecule has 2 aromatic heterocycles. The molecule has 0 spiro atoms. The number of nitrogens with zero attached hydrogens (tertiary/aromatic N) is 2. The molecule has 1 amide bonds. The number of ketones is 1. The maximum absolute atomic E-state index is 12.9. The monoisotopic (exact) mass is 351 g/mol. The molecule has 2 heterocycles. The van der Waals surface area contributed by atoms with Crippen LogP contribution in [0.1, 0.15) is 66.4 Å². The molecule has 0 radical (unpaired) electrons. The highest BCUT2D eigenvalue weighted by molar-refractivity contribution is 5.95. The van der Waals surface area contributed by atoms with Crippen molar-refractivity contribution in [2.75, 3.05) is 6.54 Å². The van der Waals surface area contributed by atoms with Crippen molar-refractivity contribution in [3.8, 4) is 0 Å². The van der Waals surface area contributed by atoms with Gasteiger partial charge in [-0.2, -0.15) is 0 Å². The number of carbonyl (C=O) groups excluding carboxylic acids is 2. The summed E-state index contributed by atoms with van der Waals surface area (Å²) in [5.74, 6) is 2.49. The van der Waals surface area contributed by atoms with E-state index in [2.05, 4.69) is 10.3 Å². The predicted molar refractivity (Wildman–Crippen MR) is 98.1 cm³/mol. The third-order valence-electron chi connectivity index (χ3n) is 6.87. The van der Waals surface area contributed by atoms with Crippen LogP contribution in [0.15, 0.2) is 24.4 Å². The van der Waals surface area contributed by atoms with Crippen LogP contribution in [0.4, 0.5) is 0 Å². The molecule has 0 aromatic carbocycles. The molecule has 26 heavy (non-hydrogen) atoms. The van der Waals surface area contributed by atoms with Crippen molar-refractivity contribution in [1.82, 2.24) is 14.7 Å². The first-order valence-electron chi connectivity index (χ1n) is 9.79. The van der Waals surface area contributed by atoms with Crippen molar-refractivity contribution in [2.45, 2.75) is 45.4 Å². The van der Waals surface area contributed by atoms with E-state index >= 15 is 0 Å². The zero-order valence-corrected chi connectivity index (χ0v) is 15.2. The van der Waals surface area contributed by atoms with Gasteiger partial charge in [-0.3, -0.25) is 14.0 Å². The summed E-state index contributed by atoms with van der Waals surface area (Å²) in [5.41, 5.74) is 1.90. The van der Waals surface area contributed by atoms with Crippen LogP contribution in [0.3, 0.4) is 0 Å². The number of amides is 1. The molecule has 0 atom stereocenters. The van der Waals surface area contributed by atoms with Crippen LogP contribution in [-0.4, -0.2) is 27.6 Å². The van der Waals surface area contributed by atoms with Crippen LogP contribution in [0, 0.1) is 23.2 Å². The summed E-state index contributed by atoms with van der Waals surface area (Å²) < 4.78 is 1.73. The van der Waals surface area contributed by atoms with Crippen molar-refractivity contribution in [3.63, 3.8) is 0 Å². The Kier molecular flexibility index (Phi) is 3.49. The lowest BCUT2D eigenvalue weighted by molar-refractivity contribution is -0.0503. The Hall–Kier alpha value is -2.17. The van der Waals surface area contributed by atoms with E-state index in [9.17, 15) is 9.59 Å². The first kappa shape index (κ1) is 16.0. The molecule has 1 N–H and O–H groups in total. The Balaban J connectivity index is 1.36. The number of carbonyl (C=O) groups is 2. The van der Waals surface area contributed by atoms with Crippen molar-refractivity contribution >= 4 is 17.3 Å². The van der Waals surface area contributed by atoms with E-state index in [1.54, 1.807) is 16.7 Å². The first-order chi connectivity index (χ1) is 12.5. The molecule has 5 nitrogen and oxygen atoms in total. The SMILES string of the molecule is CC(=O)c1cn2c(C(=O)NCC34CC5CC(CC(C5)C3)C4)cccc2n1. The van der Waals surface area contributed by atoms with Crippen molar-refractivity contribution < 1.29 is 9.59 Å². The summed E-state index contributed by atoms with van der Waals surface area (Å²) in [7, 11) is 0. The van der Waals surface area contributed by atoms with Crippen molar-refractivity contribution in [3.05, 3.63) is 35.8 Å². The van der Waals surface area contributed by atoms with Crippen LogP contribution in [0.5, 0.6) is 0 Å². The Morgan fingerprint density at radius 3 is 2.42 bits per heavy atom. The fourth-order valence-corrected chi connectivity index (χ4v) is 6.23. The summed E-state index contributed by atoms with van der Waals surface area (Å²) in [5, 5.41) is 3.21. The summed E-state index contributed by atoms with van der Waals surface area (Å²) in [4.78, 5) is 28.8. The highest BCUT2D eigenvalue weighted by Crippen LogP contribution is 2.59. The third kappa shape index (κ3) is 2.56. The number of pyridine rings is 1. The highest BCUT2D eigenvalue weighted by Gasteiger charge is 2.50. The molecule has 0 unspecified atom stereocenters. The van der Waals surface area contributed by atoms with E-state index in [1.807, 2.05) is 12.1 Å². The van der Waals surface area contributed by atoms with E-state index in [4.69, 9.17) is 0 Å². The molecular formula is C21H25N3O2. The highest BCUT2D eigenvalue weighted by atomic mass is 16.2. The van der Waals surface area contributed by atoms with E-state index in [1.165, 1.54) is 45.4 Å². The van der Waals surface area contributed by atoms with Gasteiger partial charge >= 0.3 is 0 Å². The van der Waals surface area contributed by atoms with Gasteiger partial charge in [0, 0.05) is 19.7 Å². The molecular weight excluding hydrogens is 326 g/mol. The number of hydrogen-bond donors (Lipinski definition) is 1.